The fourth-order valence-corrected chi connectivity index (χ4v) is 5.86. The molecule has 2 aromatic carbocycles. The molecule has 0 spiro atoms. The van der Waals surface area contributed by atoms with E-state index in [1.807, 2.05) is 12.1 Å². The van der Waals surface area contributed by atoms with E-state index in [1.54, 1.807) is 13.2 Å². The van der Waals surface area contributed by atoms with Gasteiger partial charge in [0.05, 0.1) is 17.5 Å². The number of alkyl halides is 1. The first kappa shape index (κ1) is 25.7. The molecule has 2 saturated heterocycles. The first-order valence-electron chi connectivity index (χ1n) is 11.7. The molecule has 2 aliphatic heterocycles. The normalized spacial score (nSPS) is 33.9. The summed E-state index contributed by atoms with van der Waals surface area (Å²) in [5.74, 6) is 0.0166. The third-order valence-corrected chi connectivity index (χ3v) is 8.09. The van der Waals surface area contributed by atoms with Crippen LogP contribution < -0.4 is 10.6 Å². The van der Waals surface area contributed by atoms with Gasteiger partial charge < -0.3 is 30.7 Å². The van der Waals surface area contributed by atoms with E-state index < -0.39 is 47.3 Å². The smallest absolute Gasteiger partial charge is 0.237 e. The summed E-state index contributed by atoms with van der Waals surface area (Å²) in [6, 6.07) is 13.5. The molecule has 9 heteroatoms. The van der Waals surface area contributed by atoms with Gasteiger partial charge in [-0.15, -0.1) is 23.4 Å². The summed E-state index contributed by atoms with van der Waals surface area (Å²) < 4.78 is 5.86. The molecular weight excluding hydrogens is 476 g/mol. The average molecular weight is 509 g/mol. The van der Waals surface area contributed by atoms with Crippen molar-refractivity contribution in [1.29, 1.82) is 0 Å². The molecular formula is C25H33ClN2O5S. The lowest BCUT2D eigenvalue weighted by Crippen LogP contribution is -2.65. The number of benzene rings is 2. The number of thioether (sulfide) groups is 1. The SMILES string of the molecule is CS[C@H]1O[C@H](C(NC(=O)[C@@H]2C[C@H](c3ccc4ccccc4c3)CCN2)[C@H](C)Cl)[C@H](O)[C@H](O)[C@H]1O. The molecule has 2 heterocycles. The van der Waals surface area contributed by atoms with Crippen molar-refractivity contribution in [3.63, 3.8) is 0 Å². The molecule has 1 unspecified atom stereocenters. The summed E-state index contributed by atoms with van der Waals surface area (Å²) in [6.07, 6.45) is -1.65. The van der Waals surface area contributed by atoms with Crippen LogP contribution in [0.15, 0.2) is 42.5 Å². The standard InChI is InChI=1S/C25H33ClN2O5S/c1-13(26)19(23-21(30)20(29)22(31)25(33-23)34-2)28-24(32)18-12-17(9-10-27-18)16-8-7-14-5-3-4-6-15(14)11-16/h3-8,11,13,17-23,25,27,29-31H,9-10,12H2,1-2H3,(H,28,32)/t13-,17+,18-,19?,20-,21+,22+,23+,25+/m0/s1. The Balaban J connectivity index is 1.46. The number of carbonyl (C=O) groups excluding carboxylic acids is 1. The van der Waals surface area contributed by atoms with Gasteiger partial charge in [-0.05, 0) is 54.8 Å². The van der Waals surface area contributed by atoms with Crippen molar-refractivity contribution >= 4 is 40.0 Å². The summed E-state index contributed by atoms with van der Waals surface area (Å²) in [6.45, 7) is 2.42. The van der Waals surface area contributed by atoms with Crippen LogP contribution in [-0.2, 0) is 9.53 Å². The van der Waals surface area contributed by atoms with Crippen LogP contribution in [0.3, 0.4) is 0 Å². The number of hydrogen-bond donors (Lipinski definition) is 5. The zero-order valence-electron chi connectivity index (χ0n) is 19.3. The van der Waals surface area contributed by atoms with Crippen LogP contribution in [0, 0.1) is 0 Å². The molecule has 7 nitrogen and oxygen atoms in total. The number of aliphatic hydroxyl groups is 3. The van der Waals surface area contributed by atoms with E-state index in [2.05, 4.69) is 41.0 Å². The van der Waals surface area contributed by atoms with Gasteiger partial charge in [-0.1, -0.05) is 42.5 Å². The highest BCUT2D eigenvalue weighted by atomic mass is 35.5. The topological polar surface area (TPSA) is 111 Å². The maximum Gasteiger partial charge on any atom is 0.237 e. The molecule has 0 aromatic heterocycles. The Bertz CT molecular complexity index is 993. The van der Waals surface area contributed by atoms with Gasteiger partial charge >= 0.3 is 0 Å². The summed E-state index contributed by atoms with van der Waals surface area (Å²) in [5.41, 5.74) is 0.481. The third-order valence-electron chi connectivity index (χ3n) is 6.96. The molecule has 1 amide bonds. The molecule has 0 bridgehead atoms. The zero-order chi connectivity index (χ0) is 24.4. The Morgan fingerprint density at radius 2 is 1.88 bits per heavy atom. The molecule has 0 radical (unpaired) electrons. The maximum absolute atomic E-state index is 13.3. The number of halogens is 1. The number of fused-ring (bicyclic) bond motifs is 1. The zero-order valence-corrected chi connectivity index (χ0v) is 20.9. The molecule has 2 fully saturated rings. The van der Waals surface area contributed by atoms with Crippen LogP contribution in [0.5, 0.6) is 0 Å². The van der Waals surface area contributed by atoms with Crippen LogP contribution in [0.1, 0.15) is 31.2 Å². The molecule has 0 saturated carbocycles. The molecule has 34 heavy (non-hydrogen) atoms. The number of carbonyl (C=O) groups is 1. The minimum Gasteiger partial charge on any atom is -0.388 e. The molecule has 2 aromatic rings. The average Bonchev–Trinajstić information content (AvgIpc) is 2.86. The molecule has 2 aliphatic rings. The maximum atomic E-state index is 13.3. The van der Waals surface area contributed by atoms with Gasteiger partial charge in [0.1, 0.15) is 29.9 Å². The monoisotopic (exact) mass is 508 g/mol. The van der Waals surface area contributed by atoms with Crippen molar-refractivity contribution < 1.29 is 24.9 Å². The Kier molecular flexibility index (Phi) is 8.40. The Labute approximate surface area is 209 Å². The van der Waals surface area contributed by atoms with Crippen molar-refractivity contribution in [3.05, 3.63) is 48.0 Å². The molecule has 5 N–H and O–H groups in total. The van der Waals surface area contributed by atoms with Gasteiger partial charge in [0.25, 0.3) is 0 Å². The van der Waals surface area contributed by atoms with Crippen LogP contribution in [0.25, 0.3) is 10.8 Å². The fraction of sp³-hybridized carbons (Fsp3) is 0.560. The van der Waals surface area contributed by atoms with Crippen molar-refractivity contribution in [2.24, 2.45) is 0 Å². The summed E-state index contributed by atoms with van der Waals surface area (Å²) >= 11 is 7.63. The van der Waals surface area contributed by atoms with Gasteiger partial charge in [0, 0.05) is 0 Å². The number of amides is 1. The number of ether oxygens (including phenoxy) is 1. The predicted molar refractivity (Wildman–Crippen MR) is 135 cm³/mol. The Hall–Kier alpha value is -1.39. The second kappa shape index (κ2) is 11.1. The molecule has 186 valence electrons. The second-order valence-corrected chi connectivity index (χ2v) is 10.8. The van der Waals surface area contributed by atoms with E-state index in [9.17, 15) is 20.1 Å². The molecule has 9 atom stereocenters. The second-order valence-electron chi connectivity index (χ2n) is 9.22. The van der Waals surface area contributed by atoms with Gasteiger partial charge in [0.2, 0.25) is 5.91 Å². The highest BCUT2D eigenvalue weighted by Crippen LogP contribution is 2.32. The van der Waals surface area contributed by atoms with Crippen molar-refractivity contribution in [2.75, 3.05) is 12.8 Å². The summed E-state index contributed by atoms with van der Waals surface area (Å²) in [4.78, 5) is 13.3. The van der Waals surface area contributed by atoms with Crippen LogP contribution in [0.4, 0.5) is 0 Å². The number of hydrogen-bond acceptors (Lipinski definition) is 7. The lowest BCUT2D eigenvalue weighted by atomic mass is 9.85. The van der Waals surface area contributed by atoms with Gasteiger partial charge in [0.15, 0.2) is 0 Å². The van der Waals surface area contributed by atoms with E-state index in [0.717, 1.165) is 6.42 Å². The number of aliphatic hydroxyl groups excluding tert-OH is 3. The third kappa shape index (κ3) is 5.38. The Morgan fingerprint density at radius 3 is 2.59 bits per heavy atom. The van der Waals surface area contributed by atoms with E-state index in [4.69, 9.17) is 16.3 Å². The summed E-state index contributed by atoms with van der Waals surface area (Å²) in [7, 11) is 0. The predicted octanol–water partition coefficient (Wildman–Crippen LogP) is 1.96. The highest BCUT2D eigenvalue weighted by molar-refractivity contribution is 7.99. The molecule has 0 aliphatic carbocycles. The minimum atomic E-state index is -1.39. The fourth-order valence-electron chi connectivity index (χ4n) is 4.97. The van der Waals surface area contributed by atoms with Crippen LogP contribution in [-0.4, -0.2) is 81.3 Å². The largest absolute Gasteiger partial charge is 0.388 e. The van der Waals surface area contributed by atoms with Gasteiger partial charge in [-0.25, -0.2) is 0 Å². The first-order valence-corrected chi connectivity index (χ1v) is 13.4. The van der Waals surface area contributed by atoms with Crippen LogP contribution >= 0.6 is 23.4 Å². The highest BCUT2D eigenvalue weighted by Gasteiger charge is 2.48. The molecule has 4 rings (SSSR count). The van der Waals surface area contributed by atoms with Crippen molar-refractivity contribution in [3.8, 4) is 0 Å². The van der Waals surface area contributed by atoms with E-state index in [0.29, 0.717) is 13.0 Å². The van der Waals surface area contributed by atoms with E-state index in [-0.39, 0.29) is 11.8 Å². The lowest BCUT2D eigenvalue weighted by molar-refractivity contribution is -0.205. The first-order chi connectivity index (χ1) is 16.3. The summed E-state index contributed by atoms with van der Waals surface area (Å²) in [5, 5.41) is 39.1. The van der Waals surface area contributed by atoms with Crippen LogP contribution in [0.2, 0.25) is 0 Å². The van der Waals surface area contributed by atoms with E-state index in [1.165, 1.54) is 28.1 Å². The number of nitrogens with one attached hydrogen (secondary N) is 2. The van der Waals surface area contributed by atoms with Gasteiger partial charge in [-0.3, -0.25) is 4.79 Å². The number of piperidine rings is 1. The van der Waals surface area contributed by atoms with Crippen molar-refractivity contribution in [1.82, 2.24) is 10.6 Å². The van der Waals surface area contributed by atoms with E-state index >= 15 is 0 Å². The van der Waals surface area contributed by atoms with Gasteiger partial charge in [-0.2, -0.15) is 0 Å². The quantitative estimate of drug-likeness (QED) is 0.379. The van der Waals surface area contributed by atoms with Crippen molar-refractivity contribution in [2.45, 2.75) is 73.0 Å². The number of rotatable bonds is 6. The minimum absolute atomic E-state index is 0.222. The lowest BCUT2D eigenvalue weighted by Gasteiger charge is -2.44. The Morgan fingerprint density at radius 1 is 1.15 bits per heavy atom.